The van der Waals surface area contributed by atoms with Crippen LogP contribution in [0.25, 0.3) is 0 Å². The molecule has 0 fully saturated rings. The van der Waals surface area contributed by atoms with Gasteiger partial charge >= 0.3 is 11.9 Å². The van der Waals surface area contributed by atoms with Gasteiger partial charge in [-0.15, -0.1) is 0 Å². The normalized spacial score (nSPS) is 13.9. The Bertz CT molecular complexity index is 543. The van der Waals surface area contributed by atoms with Crippen molar-refractivity contribution in [2.24, 2.45) is 5.92 Å². The van der Waals surface area contributed by atoms with Crippen molar-refractivity contribution in [2.75, 3.05) is 6.54 Å². The third-order valence-electron chi connectivity index (χ3n) is 3.79. The van der Waals surface area contributed by atoms with Crippen LogP contribution < -0.4 is 10.6 Å². The molecule has 186 valence electrons. The molecule has 0 aromatic heterocycles. The molecule has 0 aliphatic carbocycles. The Hall–Kier alpha value is -1.18. The summed E-state index contributed by atoms with van der Waals surface area (Å²) in [5.74, 6) is -0.731. The fourth-order valence-electron chi connectivity index (χ4n) is 3.03. The Kier molecular flexibility index (Phi) is 13.2. The molecule has 0 aromatic carbocycles. The quantitative estimate of drug-likeness (QED) is 0.342. The van der Waals surface area contributed by atoms with Gasteiger partial charge in [0.15, 0.2) is 0 Å². The predicted octanol–water partition coefficient (Wildman–Crippen LogP) is 4.17. The molecule has 7 nitrogen and oxygen atoms in total. The minimum atomic E-state index is -1.16. The number of hydrogen-bond acceptors (Lipinski definition) is 7. The molecule has 3 N–H and O–H groups in total. The minimum absolute atomic E-state index is 0.0706. The zero-order valence-corrected chi connectivity index (χ0v) is 22.4. The van der Waals surface area contributed by atoms with Gasteiger partial charge in [-0.25, -0.2) is 0 Å². The zero-order valence-electron chi connectivity index (χ0n) is 22.4. The summed E-state index contributed by atoms with van der Waals surface area (Å²) in [5.41, 5.74) is -3.05. The first-order chi connectivity index (χ1) is 13.6. The van der Waals surface area contributed by atoms with Gasteiger partial charge in [0.2, 0.25) is 0 Å². The van der Waals surface area contributed by atoms with Crippen molar-refractivity contribution >= 4 is 11.9 Å². The molecule has 0 saturated carbocycles. The summed E-state index contributed by atoms with van der Waals surface area (Å²) >= 11 is 0. The first kappa shape index (κ1) is 32.0. The van der Waals surface area contributed by atoms with Gasteiger partial charge in [-0.1, -0.05) is 34.1 Å². The van der Waals surface area contributed by atoms with Gasteiger partial charge in [0.1, 0.15) is 23.0 Å². The highest BCUT2D eigenvalue weighted by Gasteiger charge is 2.37. The van der Waals surface area contributed by atoms with Crippen molar-refractivity contribution in [3.8, 4) is 0 Å². The maximum absolute atomic E-state index is 12.8. The van der Waals surface area contributed by atoms with Crippen molar-refractivity contribution in [2.45, 2.75) is 131 Å². The van der Waals surface area contributed by atoms with E-state index in [0.717, 1.165) is 0 Å². The first-order valence-electron chi connectivity index (χ1n) is 11.3. The summed E-state index contributed by atoms with van der Waals surface area (Å²) < 4.78 is 11.3. The minimum Gasteiger partial charge on any atom is -0.459 e. The Morgan fingerprint density at radius 2 is 1.29 bits per heavy atom. The molecule has 0 radical (unpaired) electrons. The number of hydrogen-bond donors (Lipinski definition) is 3. The first-order valence-corrected chi connectivity index (χ1v) is 11.3. The highest BCUT2D eigenvalue weighted by Crippen LogP contribution is 2.27. The lowest BCUT2D eigenvalue weighted by Crippen LogP contribution is -2.53. The van der Waals surface area contributed by atoms with Crippen LogP contribution in [-0.4, -0.2) is 52.1 Å². The average molecular weight is 447 g/mol. The third-order valence-corrected chi connectivity index (χ3v) is 3.79. The SMILES string of the molecule is CC(C)C(NC(C)(C)C)C(=O)OC(C)(C)CC(C)(C)OC(=O)CNC(C)(C)O.CCC. The number of aliphatic hydroxyl groups is 1. The van der Waals surface area contributed by atoms with Crippen LogP contribution in [0.1, 0.15) is 103 Å². The largest absolute Gasteiger partial charge is 0.459 e. The molecule has 0 amide bonds. The van der Waals surface area contributed by atoms with Crippen LogP contribution in [0.5, 0.6) is 0 Å². The van der Waals surface area contributed by atoms with E-state index >= 15 is 0 Å². The molecule has 0 rings (SSSR count). The number of carbonyl (C=O) groups is 2. The Labute approximate surface area is 191 Å². The van der Waals surface area contributed by atoms with E-state index in [1.165, 1.54) is 6.42 Å². The summed E-state index contributed by atoms with van der Waals surface area (Å²) in [6.07, 6.45) is 1.58. The second-order valence-corrected chi connectivity index (χ2v) is 11.3. The van der Waals surface area contributed by atoms with Gasteiger partial charge in [-0.05, 0) is 68.2 Å². The van der Waals surface area contributed by atoms with Crippen LogP contribution in [0, 0.1) is 5.92 Å². The molecule has 0 bridgehead atoms. The van der Waals surface area contributed by atoms with Gasteiger partial charge in [-0.2, -0.15) is 0 Å². The highest BCUT2D eigenvalue weighted by molar-refractivity contribution is 5.76. The summed E-state index contributed by atoms with van der Waals surface area (Å²) in [4.78, 5) is 24.8. The van der Waals surface area contributed by atoms with E-state index in [-0.39, 0.29) is 24.0 Å². The van der Waals surface area contributed by atoms with Crippen LogP contribution in [0.15, 0.2) is 0 Å². The van der Waals surface area contributed by atoms with Crippen molar-refractivity contribution in [1.82, 2.24) is 10.6 Å². The third kappa shape index (κ3) is 18.1. The van der Waals surface area contributed by atoms with Gasteiger partial charge in [0.25, 0.3) is 0 Å². The molecular weight excluding hydrogens is 396 g/mol. The highest BCUT2D eigenvalue weighted by atomic mass is 16.6. The molecule has 0 aromatic rings. The second kappa shape index (κ2) is 12.8. The number of esters is 2. The summed E-state index contributed by atoms with van der Waals surface area (Å²) in [6, 6.07) is -0.430. The molecular formula is C24H50N2O5. The van der Waals surface area contributed by atoms with Crippen LogP contribution in [0.2, 0.25) is 0 Å². The molecule has 7 heteroatoms. The predicted molar refractivity (Wildman–Crippen MR) is 127 cm³/mol. The number of rotatable bonds is 10. The molecule has 0 saturated heterocycles. The molecule has 1 unspecified atom stereocenters. The van der Waals surface area contributed by atoms with Crippen molar-refractivity contribution < 1.29 is 24.2 Å². The van der Waals surface area contributed by atoms with Gasteiger partial charge in [0.05, 0.1) is 6.54 Å². The fraction of sp³-hybridized carbons (Fsp3) is 0.917. The van der Waals surface area contributed by atoms with E-state index in [4.69, 9.17) is 9.47 Å². The van der Waals surface area contributed by atoms with Gasteiger partial charge < -0.3 is 14.6 Å². The summed E-state index contributed by atoms with van der Waals surface area (Å²) in [6.45, 7) is 24.4. The molecule has 0 aliphatic rings. The maximum atomic E-state index is 12.8. The Morgan fingerprint density at radius 3 is 1.65 bits per heavy atom. The lowest BCUT2D eigenvalue weighted by Gasteiger charge is -2.37. The molecule has 31 heavy (non-hydrogen) atoms. The topological polar surface area (TPSA) is 96.9 Å². The monoisotopic (exact) mass is 446 g/mol. The van der Waals surface area contributed by atoms with E-state index in [1.807, 2.05) is 48.5 Å². The summed E-state index contributed by atoms with van der Waals surface area (Å²) in [7, 11) is 0. The lowest BCUT2D eigenvalue weighted by atomic mass is 9.91. The van der Waals surface area contributed by atoms with E-state index in [0.29, 0.717) is 6.42 Å². The van der Waals surface area contributed by atoms with Crippen LogP contribution in [0.3, 0.4) is 0 Å². The standard InChI is InChI=1S/C21H42N2O5.C3H8/c1-14(2)16(23-18(3,4)5)17(25)28-20(8,9)13-19(6,7)27-15(24)12-22-21(10,11)26;1-3-2/h14,16,22-23,26H,12-13H2,1-11H3;3H2,1-2H3. The van der Waals surface area contributed by atoms with Crippen molar-refractivity contribution in [1.29, 1.82) is 0 Å². The smallest absolute Gasteiger partial charge is 0.323 e. The Morgan fingerprint density at radius 1 is 0.871 bits per heavy atom. The molecule has 0 heterocycles. The zero-order chi connectivity index (χ0) is 25.3. The van der Waals surface area contributed by atoms with Crippen molar-refractivity contribution in [3.63, 3.8) is 0 Å². The number of nitrogens with one attached hydrogen (secondary N) is 2. The van der Waals surface area contributed by atoms with Gasteiger partial charge in [-0.3, -0.25) is 20.2 Å². The summed E-state index contributed by atoms with van der Waals surface area (Å²) in [5, 5.41) is 15.6. The van der Waals surface area contributed by atoms with Crippen LogP contribution in [-0.2, 0) is 19.1 Å². The van der Waals surface area contributed by atoms with Crippen LogP contribution >= 0.6 is 0 Å². The van der Waals surface area contributed by atoms with Gasteiger partial charge in [0, 0.05) is 12.0 Å². The van der Waals surface area contributed by atoms with E-state index in [1.54, 1.807) is 27.7 Å². The second-order valence-electron chi connectivity index (χ2n) is 11.3. The van der Waals surface area contributed by atoms with E-state index < -0.39 is 28.9 Å². The van der Waals surface area contributed by atoms with E-state index in [9.17, 15) is 14.7 Å². The fourth-order valence-corrected chi connectivity index (χ4v) is 3.03. The van der Waals surface area contributed by atoms with E-state index in [2.05, 4.69) is 24.5 Å². The van der Waals surface area contributed by atoms with Crippen molar-refractivity contribution in [3.05, 3.63) is 0 Å². The lowest BCUT2D eigenvalue weighted by molar-refractivity contribution is -0.172. The number of ether oxygens (including phenoxy) is 2. The molecule has 0 aliphatic heterocycles. The average Bonchev–Trinajstić information content (AvgIpc) is 2.47. The maximum Gasteiger partial charge on any atom is 0.323 e. The number of carbonyl (C=O) groups excluding carboxylic acids is 2. The Balaban J connectivity index is 0. The molecule has 1 atom stereocenters. The molecule has 0 spiro atoms. The van der Waals surface area contributed by atoms with Crippen LogP contribution in [0.4, 0.5) is 0 Å².